The van der Waals surface area contributed by atoms with Crippen LogP contribution >= 0.6 is 0 Å². The van der Waals surface area contributed by atoms with Gasteiger partial charge in [0.1, 0.15) is 0 Å². The molecule has 20 heavy (non-hydrogen) atoms. The Morgan fingerprint density at radius 3 is 2.30 bits per heavy atom. The van der Waals surface area contributed by atoms with E-state index < -0.39 is 11.7 Å². The quantitative estimate of drug-likeness (QED) is 0.830. The summed E-state index contributed by atoms with van der Waals surface area (Å²) in [5.41, 5.74) is 0.400. The smallest absolute Gasteiger partial charge is 0.317 e. The summed E-state index contributed by atoms with van der Waals surface area (Å²) < 4.78 is 38.0. The fourth-order valence-corrected chi connectivity index (χ4v) is 2.11. The lowest BCUT2D eigenvalue weighted by Crippen LogP contribution is -2.29. The predicted octanol–water partition coefficient (Wildman–Crippen LogP) is 4.66. The Morgan fingerprint density at radius 1 is 1.15 bits per heavy atom. The monoisotopic (exact) mass is 287 g/mol. The molecule has 0 aromatic heterocycles. The van der Waals surface area contributed by atoms with Gasteiger partial charge in [0.05, 0.1) is 5.56 Å². The summed E-state index contributed by atoms with van der Waals surface area (Å²) in [6.45, 7) is 6.51. The standard InChI is InChI=1S/C16H24F3N/c1-15(2,3)9-8-14(20-4)11-12-6-5-7-13(10-12)16(17,18)19/h5-7,10,14,20H,8-9,11H2,1-4H3. The van der Waals surface area contributed by atoms with Crippen molar-refractivity contribution in [3.05, 3.63) is 35.4 Å². The zero-order valence-corrected chi connectivity index (χ0v) is 12.6. The molecule has 1 atom stereocenters. The van der Waals surface area contributed by atoms with Crippen LogP contribution in [0.5, 0.6) is 0 Å². The zero-order chi connectivity index (χ0) is 15.4. The normalized spacial score (nSPS) is 14.3. The molecule has 0 aliphatic heterocycles. The van der Waals surface area contributed by atoms with E-state index in [9.17, 15) is 13.2 Å². The highest BCUT2D eigenvalue weighted by atomic mass is 19.4. The number of benzene rings is 1. The van der Waals surface area contributed by atoms with Crippen molar-refractivity contribution in [1.29, 1.82) is 0 Å². The molecular weight excluding hydrogens is 263 g/mol. The van der Waals surface area contributed by atoms with Crippen LogP contribution in [0.1, 0.15) is 44.7 Å². The lowest BCUT2D eigenvalue weighted by atomic mass is 9.87. The number of hydrogen-bond acceptors (Lipinski definition) is 1. The molecule has 114 valence electrons. The van der Waals surface area contributed by atoms with Crippen LogP contribution in [0, 0.1) is 5.41 Å². The average Bonchev–Trinajstić information content (AvgIpc) is 2.32. The molecule has 0 radical (unpaired) electrons. The van der Waals surface area contributed by atoms with E-state index in [0.29, 0.717) is 6.42 Å². The molecule has 1 unspecified atom stereocenters. The number of rotatable bonds is 5. The van der Waals surface area contributed by atoms with Crippen molar-refractivity contribution in [2.75, 3.05) is 7.05 Å². The zero-order valence-electron chi connectivity index (χ0n) is 12.6. The van der Waals surface area contributed by atoms with E-state index in [2.05, 4.69) is 26.1 Å². The van der Waals surface area contributed by atoms with Gasteiger partial charge in [-0.15, -0.1) is 0 Å². The third-order valence-electron chi connectivity index (χ3n) is 3.39. The summed E-state index contributed by atoms with van der Waals surface area (Å²) in [6.07, 6.45) is -1.65. The molecule has 0 heterocycles. The first kappa shape index (κ1) is 17.0. The van der Waals surface area contributed by atoms with Gasteiger partial charge in [-0.25, -0.2) is 0 Å². The summed E-state index contributed by atoms with van der Waals surface area (Å²) in [5, 5.41) is 3.20. The highest BCUT2D eigenvalue weighted by Gasteiger charge is 2.30. The number of hydrogen-bond donors (Lipinski definition) is 1. The fraction of sp³-hybridized carbons (Fsp3) is 0.625. The molecule has 1 N–H and O–H groups in total. The van der Waals surface area contributed by atoms with Gasteiger partial charge < -0.3 is 5.32 Å². The van der Waals surface area contributed by atoms with Crippen LogP contribution in [0.15, 0.2) is 24.3 Å². The van der Waals surface area contributed by atoms with Crippen LogP contribution in [0.4, 0.5) is 13.2 Å². The molecule has 1 aromatic rings. The van der Waals surface area contributed by atoms with Crippen LogP contribution in [-0.2, 0) is 12.6 Å². The van der Waals surface area contributed by atoms with Gasteiger partial charge in [0.2, 0.25) is 0 Å². The van der Waals surface area contributed by atoms with Crippen molar-refractivity contribution in [3.8, 4) is 0 Å². The Kier molecular flexibility index (Phi) is 5.63. The Bertz CT molecular complexity index is 418. The van der Waals surface area contributed by atoms with Crippen LogP contribution in [-0.4, -0.2) is 13.1 Å². The fourth-order valence-electron chi connectivity index (χ4n) is 2.11. The molecule has 0 aliphatic carbocycles. The molecule has 0 fully saturated rings. The minimum Gasteiger partial charge on any atom is -0.317 e. The Morgan fingerprint density at radius 2 is 1.80 bits per heavy atom. The third-order valence-corrected chi connectivity index (χ3v) is 3.39. The van der Waals surface area contributed by atoms with E-state index in [0.717, 1.165) is 24.5 Å². The summed E-state index contributed by atoms with van der Waals surface area (Å²) in [5.74, 6) is 0. The molecule has 0 saturated heterocycles. The molecule has 0 saturated carbocycles. The maximum atomic E-state index is 12.7. The van der Waals surface area contributed by atoms with E-state index in [-0.39, 0.29) is 11.5 Å². The van der Waals surface area contributed by atoms with Crippen molar-refractivity contribution < 1.29 is 13.2 Å². The number of nitrogens with one attached hydrogen (secondary N) is 1. The van der Waals surface area contributed by atoms with E-state index >= 15 is 0 Å². The lowest BCUT2D eigenvalue weighted by molar-refractivity contribution is -0.137. The minimum absolute atomic E-state index is 0.206. The predicted molar refractivity (Wildman–Crippen MR) is 76.7 cm³/mol. The average molecular weight is 287 g/mol. The summed E-state index contributed by atoms with van der Waals surface area (Å²) in [6, 6.07) is 5.82. The third kappa shape index (κ3) is 5.95. The second-order valence-corrected chi connectivity index (χ2v) is 6.49. The van der Waals surface area contributed by atoms with Crippen molar-refractivity contribution >= 4 is 0 Å². The van der Waals surface area contributed by atoms with Crippen molar-refractivity contribution in [1.82, 2.24) is 5.32 Å². The van der Waals surface area contributed by atoms with E-state index in [1.807, 2.05) is 7.05 Å². The van der Waals surface area contributed by atoms with E-state index in [4.69, 9.17) is 0 Å². The van der Waals surface area contributed by atoms with Gasteiger partial charge in [-0.1, -0.05) is 39.0 Å². The van der Waals surface area contributed by atoms with Gasteiger partial charge in [0, 0.05) is 6.04 Å². The van der Waals surface area contributed by atoms with Crippen LogP contribution in [0.2, 0.25) is 0 Å². The topological polar surface area (TPSA) is 12.0 Å². The Hall–Kier alpha value is -1.03. The number of likely N-dealkylation sites (N-methyl/N-ethyl adjacent to an activating group) is 1. The molecule has 4 heteroatoms. The van der Waals surface area contributed by atoms with Crippen LogP contribution < -0.4 is 5.32 Å². The summed E-state index contributed by atoms with van der Waals surface area (Å²) >= 11 is 0. The summed E-state index contributed by atoms with van der Waals surface area (Å²) in [7, 11) is 1.86. The van der Waals surface area contributed by atoms with Gasteiger partial charge >= 0.3 is 6.18 Å². The summed E-state index contributed by atoms with van der Waals surface area (Å²) in [4.78, 5) is 0. The van der Waals surface area contributed by atoms with Gasteiger partial charge in [0.15, 0.2) is 0 Å². The van der Waals surface area contributed by atoms with Gasteiger partial charge in [-0.3, -0.25) is 0 Å². The lowest BCUT2D eigenvalue weighted by Gasteiger charge is -2.23. The van der Waals surface area contributed by atoms with E-state index in [1.165, 1.54) is 12.1 Å². The minimum atomic E-state index is -4.27. The molecule has 1 rings (SSSR count). The van der Waals surface area contributed by atoms with Crippen molar-refractivity contribution in [2.45, 2.75) is 52.3 Å². The Balaban J connectivity index is 2.70. The van der Waals surface area contributed by atoms with Gasteiger partial charge in [0.25, 0.3) is 0 Å². The largest absolute Gasteiger partial charge is 0.416 e. The molecule has 0 amide bonds. The molecule has 1 nitrogen and oxygen atoms in total. The number of alkyl halides is 3. The first-order valence-corrected chi connectivity index (χ1v) is 6.95. The highest BCUT2D eigenvalue weighted by Crippen LogP contribution is 2.30. The van der Waals surface area contributed by atoms with Crippen molar-refractivity contribution in [2.24, 2.45) is 5.41 Å². The maximum absolute atomic E-state index is 12.7. The van der Waals surface area contributed by atoms with Crippen molar-refractivity contribution in [3.63, 3.8) is 0 Å². The molecular formula is C16H24F3N. The number of halogens is 3. The second-order valence-electron chi connectivity index (χ2n) is 6.49. The van der Waals surface area contributed by atoms with Crippen LogP contribution in [0.3, 0.4) is 0 Å². The SMILES string of the molecule is CNC(CCC(C)(C)C)Cc1cccc(C(F)(F)F)c1. The van der Waals surface area contributed by atoms with Gasteiger partial charge in [-0.2, -0.15) is 13.2 Å². The first-order chi connectivity index (χ1) is 9.12. The van der Waals surface area contributed by atoms with Gasteiger partial charge in [-0.05, 0) is 43.4 Å². The first-order valence-electron chi connectivity index (χ1n) is 6.95. The second kappa shape index (κ2) is 6.61. The highest BCUT2D eigenvalue weighted by molar-refractivity contribution is 5.26. The van der Waals surface area contributed by atoms with Crippen LogP contribution in [0.25, 0.3) is 0 Å². The molecule has 1 aromatic carbocycles. The molecule has 0 spiro atoms. The molecule has 0 bridgehead atoms. The maximum Gasteiger partial charge on any atom is 0.416 e. The van der Waals surface area contributed by atoms with E-state index in [1.54, 1.807) is 6.07 Å². The Labute approximate surface area is 119 Å². The molecule has 0 aliphatic rings.